The summed E-state index contributed by atoms with van der Waals surface area (Å²) in [4.78, 5) is 20.2. The van der Waals surface area contributed by atoms with Gasteiger partial charge in [0.05, 0.1) is 12.3 Å². The average molecular weight is 518 g/mol. The lowest BCUT2D eigenvalue weighted by Gasteiger charge is -2.12. The van der Waals surface area contributed by atoms with Crippen molar-refractivity contribution in [2.24, 2.45) is 0 Å². The quantitative estimate of drug-likeness (QED) is 0.293. The average Bonchev–Trinajstić information content (AvgIpc) is 3.35. The molecule has 0 spiro atoms. The summed E-state index contributed by atoms with van der Waals surface area (Å²) in [7, 11) is 1.98. The van der Waals surface area contributed by atoms with Gasteiger partial charge in [-0.1, -0.05) is 53.7 Å². The number of hydrogen-bond acceptors (Lipinski definition) is 4. The molecular weight excluding hydrogens is 496 g/mol. The van der Waals surface area contributed by atoms with E-state index in [0.29, 0.717) is 28.3 Å². The van der Waals surface area contributed by atoms with Crippen LogP contribution in [0.4, 0.5) is 11.4 Å². The van der Waals surface area contributed by atoms with E-state index in [2.05, 4.69) is 26.4 Å². The van der Waals surface area contributed by atoms with Gasteiger partial charge in [0, 0.05) is 35.2 Å². The van der Waals surface area contributed by atoms with Crippen molar-refractivity contribution in [2.75, 3.05) is 11.9 Å². The molecule has 3 heterocycles. The summed E-state index contributed by atoms with van der Waals surface area (Å²) in [5.41, 5.74) is 3.71. The Morgan fingerprint density at radius 2 is 1.94 bits per heavy atom. The van der Waals surface area contributed by atoms with Gasteiger partial charge in [0.1, 0.15) is 14.2 Å². The molecule has 35 heavy (non-hydrogen) atoms. The van der Waals surface area contributed by atoms with Crippen molar-refractivity contribution in [1.29, 1.82) is 0 Å². The van der Waals surface area contributed by atoms with Crippen LogP contribution in [-0.2, 0) is 13.1 Å². The van der Waals surface area contributed by atoms with E-state index in [1.54, 1.807) is 11.8 Å². The number of anilines is 1. The van der Waals surface area contributed by atoms with Gasteiger partial charge in [0.25, 0.3) is 5.56 Å². The molecule has 2 aromatic heterocycles. The van der Waals surface area contributed by atoms with Crippen LogP contribution in [-0.4, -0.2) is 11.6 Å². The maximum Gasteiger partial charge on any atom is 0.271 e. The number of halogens is 1. The molecule has 2 aromatic carbocycles. The van der Waals surface area contributed by atoms with Gasteiger partial charge in [0.15, 0.2) is 12.7 Å². The Morgan fingerprint density at radius 1 is 1.14 bits per heavy atom. The smallest absolute Gasteiger partial charge is 0.271 e. The second-order valence-corrected chi connectivity index (χ2v) is 10.6. The number of thiazole rings is 1. The molecule has 0 saturated heterocycles. The van der Waals surface area contributed by atoms with E-state index < -0.39 is 0 Å². The predicted molar refractivity (Wildman–Crippen MR) is 145 cm³/mol. The molecule has 0 aliphatic carbocycles. The first-order valence-corrected chi connectivity index (χ1v) is 13.1. The Balaban J connectivity index is 1.66. The second-order valence-electron chi connectivity index (χ2n) is 8.08. The van der Waals surface area contributed by atoms with Crippen molar-refractivity contribution in [3.8, 4) is 0 Å². The van der Waals surface area contributed by atoms with Gasteiger partial charge >= 0.3 is 0 Å². The summed E-state index contributed by atoms with van der Waals surface area (Å²) >= 11 is 9.27. The molecule has 0 unspecified atom stereocenters. The zero-order valence-electron chi connectivity index (χ0n) is 19.2. The van der Waals surface area contributed by atoms with Gasteiger partial charge in [0.2, 0.25) is 11.4 Å². The van der Waals surface area contributed by atoms with Crippen molar-refractivity contribution >= 4 is 57.2 Å². The van der Waals surface area contributed by atoms with Crippen LogP contribution in [0.25, 0.3) is 16.0 Å². The molecule has 0 atom stereocenters. The first kappa shape index (κ1) is 23.4. The van der Waals surface area contributed by atoms with Crippen LogP contribution in [0.2, 0.25) is 5.02 Å². The van der Waals surface area contributed by atoms with Crippen molar-refractivity contribution in [3.05, 3.63) is 114 Å². The lowest BCUT2D eigenvalue weighted by Crippen LogP contribution is -2.38. The van der Waals surface area contributed by atoms with E-state index in [9.17, 15) is 4.79 Å². The first-order chi connectivity index (χ1) is 17.0. The minimum absolute atomic E-state index is 0.00407. The van der Waals surface area contributed by atoms with Crippen LogP contribution in [0, 0.1) is 6.57 Å². The molecule has 0 saturated carbocycles. The third-order valence-corrected chi connectivity index (χ3v) is 8.56. The highest BCUT2D eigenvalue weighted by molar-refractivity contribution is 8.08. The van der Waals surface area contributed by atoms with Gasteiger partial charge < -0.3 is 4.90 Å². The van der Waals surface area contributed by atoms with Crippen molar-refractivity contribution in [1.82, 2.24) is 4.57 Å². The molecule has 8 heteroatoms. The summed E-state index contributed by atoms with van der Waals surface area (Å²) in [6.45, 7) is 10.6. The lowest BCUT2D eigenvalue weighted by molar-refractivity contribution is -0.689. The third-order valence-electron chi connectivity index (χ3n) is 5.86. The zero-order valence-corrected chi connectivity index (χ0v) is 21.6. The van der Waals surface area contributed by atoms with Crippen molar-refractivity contribution in [2.45, 2.75) is 24.9 Å². The Labute approximate surface area is 216 Å². The highest BCUT2D eigenvalue weighted by Crippen LogP contribution is 2.46. The molecule has 5 rings (SSSR count). The van der Waals surface area contributed by atoms with E-state index in [1.165, 1.54) is 11.3 Å². The van der Waals surface area contributed by atoms with Crippen molar-refractivity contribution < 1.29 is 4.57 Å². The molecule has 174 valence electrons. The molecule has 5 nitrogen and oxygen atoms in total. The third kappa shape index (κ3) is 4.53. The van der Waals surface area contributed by atoms with E-state index in [-0.39, 0.29) is 5.56 Å². The SMILES string of the molecule is [C-]#[N+]c1ccc(/C=c2\s/c(=C3/Sc4cc(Cl)ccc4N3C)c(=O)n2CC)[n+](Cc2ccccc2)c1. The van der Waals surface area contributed by atoms with E-state index >= 15 is 0 Å². The number of aromatic nitrogens is 2. The molecule has 1 aliphatic heterocycles. The van der Waals surface area contributed by atoms with Crippen LogP contribution < -0.4 is 24.2 Å². The maximum absolute atomic E-state index is 13.5. The molecule has 0 fully saturated rings. The van der Waals surface area contributed by atoms with Gasteiger partial charge in [-0.15, -0.1) is 11.3 Å². The molecular formula is C27H22ClN4OS2+. The molecule has 0 amide bonds. The van der Waals surface area contributed by atoms with Crippen LogP contribution >= 0.6 is 34.7 Å². The van der Waals surface area contributed by atoms with Crippen LogP contribution in [0.1, 0.15) is 18.2 Å². The minimum atomic E-state index is 0.00407. The Morgan fingerprint density at radius 3 is 2.69 bits per heavy atom. The molecule has 4 aromatic rings. The highest BCUT2D eigenvalue weighted by atomic mass is 35.5. The van der Waals surface area contributed by atoms with Gasteiger partial charge in [-0.25, -0.2) is 9.41 Å². The minimum Gasteiger partial charge on any atom is -0.337 e. The molecule has 0 bridgehead atoms. The lowest BCUT2D eigenvalue weighted by atomic mass is 10.2. The summed E-state index contributed by atoms with van der Waals surface area (Å²) in [5.74, 6) is 0. The zero-order chi connectivity index (χ0) is 24.5. The monoisotopic (exact) mass is 517 g/mol. The molecule has 0 N–H and O–H groups in total. The largest absolute Gasteiger partial charge is 0.337 e. The molecule has 0 radical (unpaired) electrons. The topological polar surface area (TPSA) is 33.5 Å². The predicted octanol–water partition coefficient (Wildman–Crippen LogP) is 4.61. The van der Waals surface area contributed by atoms with E-state index in [0.717, 1.165) is 31.5 Å². The standard InChI is InChI=1S/C27H22ClN4OS2/c1-4-32-24(15-21-12-11-20(29-2)17-31(21)16-18-8-6-5-7-9-18)35-25(26(32)33)27-30(3)22-13-10-19(28)14-23(22)34-27/h5-15,17H,4,16H2,1,3H3/q+1/b27-25+. The summed E-state index contributed by atoms with van der Waals surface area (Å²) < 4.78 is 5.46. The van der Waals surface area contributed by atoms with Gasteiger partial charge in [-0.2, -0.15) is 0 Å². The summed E-state index contributed by atoms with van der Waals surface area (Å²) in [6.07, 6.45) is 3.91. The van der Waals surface area contributed by atoms with E-state index in [4.69, 9.17) is 18.2 Å². The number of pyridine rings is 1. The maximum atomic E-state index is 13.5. The van der Waals surface area contributed by atoms with Crippen LogP contribution in [0.3, 0.4) is 0 Å². The van der Waals surface area contributed by atoms with Crippen molar-refractivity contribution in [3.63, 3.8) is 0 Å². The second kappa shape index (κ2) is 9.74. The number of benzene rings is 2. The summed E-state index contributed by atoms with van der Waals surface area (Å²) in [6, 6.07) is 19.7. The molecule has 1 aliphatic rings. The Bertz CT molecular complexity index is 1650. The summed E-state index contributed by atoms with van der Waals surface area (Å²) in [5, 5.41) is 1.60. The highest BCUT2D eigenvalue weighted by Gasteiger charge is 2.25. The van der Waals surface area contributed by atoms with Crippen LogP contribution in [0.5, 0.6) is 0 Å². The number of nitrogens with zero attached hydrogens (tertiary/aromatic N) is 4. The Hall–Kier alpha value is -3.31. The number of thioether (sulfide) groups is 1. The van der Waals surface area contributed by atoms with E-state index in [1.807, 2.05) is 79.3 Å². The number of hydrogen-bond donors (Lipinski definition) is 0. The number of rotatable bonds is 4. The fourth-order valence-corrected chi connectivity index (χ4v) is 6.82. The fraction of sp³-hybridized carbons (Fsp3) is 0.148. The normalized spacial score (nSPS) is 14.8. The van der Waals surface area contributed by atoms with Gasteiger partial charge in [-0.3, -0.25) is 9.36 Å². The Kier molecular flexibility index (Phi) is 6.52. The number of fused-ring (bicyclic) bond motifs is 1. The fourth-order valence-electron chi connectivity index (χ4n) is 4.08. The first-order valence-electron chi connectivity index (χ1n) is 11.1. The van der Waals surface area contributed by atoms with Gasteiger partial charge in [-0.05, 0) is 37.3 Å². The van der Waals surface area contributed by atoms with Crippen LogP contribution in [0.15, 0.2) is 76.6 Å².